The summed E-state index contributed by atoms with van der Waals surface area (Å²) in [4.78, 5) is 5.04. The number of nitrogens with zero attached hydrogens (tertiary/aromatic N) is 1. The van der Waals surface area contributed by atoms with E-state index in [0.717, 1.165) is 27.0 Å². The Morgan fingerprint density at radius 2 is 2.30 bits per heavy atom. The number of hydrogen-bond donors (Lipinski definition) is 1. The van der Waals surface area contributed by atoms with Crippen molar-refractivity contribution in [3.05, 3.63) is 28.2 Å². The highest BCUT2D eigenvalue weighted by molar-refractivity contribution is 9.10. The lowest BCUT2D eigenvalue weighted by Crippen LogP contribution is -2.33. The van der Waals surface area contributed by atoms with Crippen LogP contribution in [-0.4, -0.2) is 16.5 Å². The van der Waals surface area contributed by atoms with Gasteiger partial charge in [-0.25, -0.2) is 0 Å². The Labute approximate surface area is 134 Å². The molecule has 20 heavy (non-hydrogen) atoms. The Balaban J connectivity index is 1.77. The third-order valence-corrected chi connectivity index (χ3v) is 6.09. The molecule has 1 fully saturated rings. The molecule has 1 N–H and O–H groups in total. The van der Waals surface area contributed by atoms with Gasteiger partial charge in [-0.05, 0) is 59.3 Å². The first-order valence-corrected chi connectivity index (χ1v) is 9.10. The lowest BCUT2D eigenvalue weighted by atomic mass is 9.78. The third kappa shape index (κ3) is 3.06. The van der Waals surface area contributed by atoms with Crippen LogP contribution >= 0.6 is 27.7 Å². The van der Waals surface area contributed by atoms with Crippen LogP contribution in [0.25, 0.3) is 0 Å². The Morgan fingerprint density at radius 3 is 3.10 bits per heavy atom. The van der Waals surface area contributed by atoms with Crippen molar-refractivity contribution in [1.82, 2.24) is 0 Å². The fourth-order valence-electron chi connectivity index (χ4n) is 3.26. The number of amidine groups is 1. The molecule has 2 atom stereocenters. The van der Waals surface area contributed by atoms with Crippen LogP contribution in [-0.2, 0) is 0 Å². The van der Waals surface area contributed by atoms with Gasteiger partial charge in [0.05, 0.1) is 11.2 Å². The van der Waals surface area contributed by atoms with Gasteiger partial charge in [-0.3, -0.25) is 4.99 Å². The highest BCUT2D eigenvalue weighted by Crippen LogP contribution is 2.42. The number of benzene rings is 1. The predicted molar refractivity (Wildman–Crippen MR) is 92.8 cm³/mol. The number of hydrogen-bond acceptors (Lipinski definition) is 3. The molecule has 0 saturated heterocycles. The van der Waals surface area contributed by atoms with Crippen LogP contribution in [0.5, 0.6) is 0 Å². The van der Waals surface area contributed by atoms with E-state index >= 15 is 0 Å². The average Bonchev–Trinajstić information content (AvgIpc) is 2.76. The van der Waals surface area contributed by atoms with Gasteiger partial charge in [-0.15, -0.1) is 0 Å². The van der Waals surface area contributed by atoms with Gasteiger partial charge in [-0.2, -0.15) is 0 Å². The van der Waals surface area contributed by atoms with Crippen LogP contribution in [0.4, 0.5) is 5.69 Å². The summed E-state index contributed by atoms with van der Waals surface area (Å²) in [5.41, 5.74) is 2.60. The number of aliphatic imine (C=N–C) groups is 1. The van der Waals surface area contributed by atoms with Crippen molar-refractivity contribution in [1.29, 1.82) is 0 Å². The van der Waals surface area contributed by atoms with E-state index in [-0.39, 0.29) is 5.54 Å². The van der Waals surface area contributed by atoms with Gasteiger partial charge >= 0.3 is 0 Å². The summed E-state index contributed by atoms with van der Waals surface area (Å²) < 4.78 is 1.10. The first-order chi connectivity index (χ1) is 9.56. The summed E-state index contributed by atoms with van der Waals surface area (Å²) >= 11 is 5.49. The second kappa shape index (κ2) is 5.72. The maximum atomic E-state index is 5.04. The molecule has 0 aromatic heterocycles. The van der Waals surface area contributed by atoms with Gasteiger partial charge in [0.25, 0.3) is 0 Å². The molecule has 1 aliphatic heterocycles. The number of anilines is 1. The van der Waals surface area contributed by atoms with Crippen molar-refractivity contribution in [3.63, 3.8) is 0 Å². The van der Waals surface area contributed by atoms with Gasteiger partial charge in [-0.1, -0.05) is 37.6 Å². The van der Waals surface area contributed by atoms with Crippen LogP contribution in [0.15, 0.2) is 27.7 Å². The SMILES string of the molecule is Cc1ccc(Br)c(NC2=NC3(CCCC(C)C3)CS2)c1. The molecule has 1 aromatic carbocycles. The van der Waals surface area contributed by atoms with Crippen molar-refractivity contribution in [2.45, 2.75) is 45.1 Å². The third-order valence-electron chi connectivity index (χ3n) is 4.25. The zero-order chi connectivity index (χ0) is 14.2. The minimum atomic E-state index is 0.209. The van der Waals surface area contributed by atoms with Crippen molar-refractivity contribution in [2.75, 3.05) is 11.1 Å². The Bertz CT molecular complexity index is 543. The van der Waals surface area contributed by atoms with Crippen molar-refractivity contribution >= 4 is 38.5 Å². The van der Waals surface area contributed by atoms with Crippen molar-refractivity contribution < 1.29 is 0 Å². The maximum absolute atomic E-state index is 5.04. The van der Waals surface area contributed by atoms with Crippen molar-refractivity contribution in [3.8, 4) is 0 Å². The number of aryl methyl sites for hydroxylation is 1. The lowest BCUT2D eigenvalue weighted by Gasteiger charge is -2.33. The van der Waals surface area contributed by atoms with Gasteiger partial charge in [0.2, 0.25) is 0 Å². The molecular weight excluding hydrogens is 332 g/mol. The molecule has 0 radical (unpaired) electrons. The first-order valence-electron chi connectivity index (χ1n) is 7.32. The zero-order valence-electron chi connectivity index (χ0n) is 12.1. The highest BCUT2D eigenvalue weighted by Gasteiger charge is 2.39. The molecular formula is C16H21BrN2S. The second-order valence-corrected chi connectivity index (χ2v) is 8.06. The van der Waals surface area contributed by atoms with Gasteiger partial charge in [0.15, 0.2) is 5.17 Å². The van der Waals surface area contributed by atoms with E-state index in [1.807, 2.05) is 11.8 Å². The minimum absolute atomic E-state index is 0.209. The second-order valence-electron chi connectivity index (χ2n) is 6.24. The smallest absolute Gasteiger partial charge is 0.161 e. The molecule has 0 amide bonds. The highest BCUT2D eigenvalue weighted by atomic mass is 79.9. The monoisotopic (exact) mass is 352 g/mol. The summed E-state index contributed by atoms with van der Waals surface area (Å²) in [7, 11) is 0. The molecule has 2 nitrogen and oxygen atoms in total. The first kappa shape index (κ1) is 14.5. The molecule has 0 bridgehead atoms. The van der Waals surface area contributed by atoms with Crippen LogP contribution in [0.3, 0.4) is 0 Å². The largest absolute Gasteiger partial charge is 0.334 e. The van der Waals surface area contributed by atoms with E-state index in [1.165, 1.54) is 31.2 Å². The van der Waals surface area contributed by atoms with E-state index in [1.54, 1.807) is 0 Å². The maximum Gasteiger partial charge on any atom is 0.161 e. The quantitative estimate of drug-likeness (QED) is 0.748. The number of rotatable bonds is 1. The van der Waals surface area contributed by atoms with Gasteiger partial charge < -0.3 is 5.32 Å². The molecule has 1 heterocycles. The van der Waals surface area contributed by atoms with Crippen LogP contribution in [0, 0.1) is 12.8 Å². The molecule has 1 aliphatic carbocycles. The van der Waals surface area contributed by atoms with Crippen LogP contribution in [0.2, 0.25) is 0 Å². The summed E-state index contributed by atoms with van der Waals surface area (Å²) in [5, 5.41) is 4.59. The predicted octanol–water partition coefficient (Wildman–Crippen LogP) is 5.22. The van der Waals surface area contributed by atoms with Crippen LogP contribution in [0.1, 0.15) is 38.2 Å². The summed E-state index contributed by atoms with van der Waals surface area (Å²) in [5.74, 6) is 1.96. The standard InChI is InChI=1S/C16H21BrN2S/c1-11-5-6-13(17)14(8-11)18-15-19-16(10-20-15)7-3-4-12(2)9-16/h5-6,8,12H,3-4,7,9-10H2,1-2H3,(H,18,19). The molecule has 2 aliphatic rings. The molecule has 4 heteroatoms. The fourth-order valence-corrected chi connectivity index (χ4v) is 4.78. The topological polar surface area (TPSA) is 24.4 Å². The Hall–Kier alpha value is -0.480. The van der Waals surface area contributed by atoms with E-state index in [2.05, 4.69) is 53.3 Å². The number of nitrogens with one attached hydrogen (secondary N) is 1. The lowest BCUT2D eigenvalue weighted by molar-refractivity contribution is 0.266. The number of thioether (sulfide) groups is 1. The van der Waals surface area contributed by atoms with E-state index < -0.39 is 0 Å². The van der Waals surface area contributed by atoms with Gasteiger partial charge in [0, 0.05) is 10.2 Å². The van der Waals surface area contributed by atoms with Crippen molar-refractivity contribution in [2.24, 2.45) is 10.9 Å². The molecule has 1 saturated carbocycles. The Kier molecular flexibility index (Phi) is 4.14. The fraction of sp³-hybridized carbons (Fsp3) is 0.562. The molecule has 108 valence electrons. The average molecular weight is 353 g/mol. The number of halogens is 1. The summed E-state index contributed by atoms with van der Waals surface area (Å²) in [6, 6.07) is 6.38. The zero-order valence-corrected chi connectivity index (χ0v) is 14.5. The molecule has 1 aromatic rings. The van der Waals surface area contributed by atoms with E-state index in [0.29, 0.717) is 0 Å². The summed E-state index contributed by atoms with van der Waals surface area (Å²) in [6.07, 6.45) is 5.20. The Morgan fingerprint density at radius 1 is 1.45 bits per heavy atom. The summed E-state index contributed by atoms with van der Waals surface area (Å²) in [6.45, 7) is 4.48. The molecule has 2 unspecified atom stereocenters. The normalized spacial score (nSPS) is 29.6. The van der Waals surface area contributed by atoms with Gasteiger partial charge in [0.1, 0.15) is 0 Å². The molecule has 3 rings (SSSR count). The van der Waals surface area contributed by atoms with E-state index in [9.17, 15) is 0 Å². The van der Waals surface area contributed by atoms with Crippen LogP contribution < -0.4 is 5.32 Å². The van der Waals surface area contributed by atoms with E-state index in [4.69, 9.17) is 4.99 Å². The molecule has 1 spiro atoms. The minimum Gasteiger partial charge on any atom is -0.334 e.